The van der Waals surface area contributed by atoms with E-state index in [0.717, 1.165) is 19.5 Å². The molecular weight excluding hydrogens is 270 g/mol. The lowest BCUT2D eigenvalue weighted by Crippen LogP contribution is -2.56. The second-order valence-electron chi connectivity index (χ2n) is 6.25. The van der Waals surface area contributed by atoms with E-state index in [1.807, 2.05) is 13.8 Å². The Morgan fingerprint density at radius 1 is 1.14 bits per heavy atom. The van der Waals surface area contributed by atoms with E-state index in [9.17, 15) is 14.7 Å². The minimum absolute atomic E-state index is 0.230. The van der Waals surface area contributed by atoms with Gasteiger partial charge in [-0.15, -0.1) is 0 Å². The van der Waals surface area contributed by atoms with Crippen LogP contribution in [0.1, 0.15) is 40.5 Å². The van der Waals surface area contributed by atoms with Gasteiger partial charge in [-0.2, -0.15) is 0 Å². The first-order valence-corrected chi connectivity index (χ1v) is 7.87. The average molecular weight is 299 g/mol. The second-order valence-corrected chi connectivity index (χ2v) is 6.25. The molecule has 6 nitrogen and oxygen atoms in total. The predicted molar refractivity (Wildman–Crippen MR) is 82.3 cm³/mol. The SMILES string of the molecule is CCC(C)N1CCN(C(=O)N[C@@H](CC(C)C)C(=O)O)CC1. The number of hydrogen-bond acceptors (Lipinski definition) is 3. The molecular formula is C15H29N3O3. The molecule has 0 radical (unpaired) electrons. The fraction of sp³-hybridized carbons (Fsp3) is 0.867. The highest BCUT2D eigenvalue weighted by Gasteiger charge is 2.27. The molecule has 2 atom stereocenters. The van der Waals surface area contributed by atoms with Crippen LogP contribution in [0.4, 0.5) is 4.79 Å². The van der Waals surface area contributed by atoms with Crippen molar-refractivity contribution in [3.8, 4) is 0 Å². The van der Waals surface area contributed by atoms with Crippen molar-refractivity contribution in [2.24, 2.45) is 5.92 Å². The Bertz CT molecular complexity index is 352. The number of urea groups is 1. The van der Waals surface area contributed by atoms with E-state index in [-0.39, 0.29) is 11.9 Å². The Morgan fingerprint density at radius 3 is 2.14 bits per heavy atom. The van der Waals surface area contributed by atoms with E-state index in [1.165, 1.54) is 0 Å². The summed E-state index contributed by atoms with van der Waals surface area (Å²) in [5.74, 6) is -0.732. The van der Waals surface area contributed by atoms with E-state index in [4.69, 9.17) is 0 Å². The van der Waals surface area contributed by atoms with Gasteiger partial charge in [0.15, 0.2) is 0 Å². The number of carboxylic acids is 1. The van der Waals surface area contributed by atoms with Crippen molar-refractivity contribution in [1.82, 2.24) is 15.1 Å². The third-order valence-electron chi connectivity index (χ3n) is 4.12. The van der Waals surface area contributed by atoms with E-state index < -0.39 is 12.0 Å². The summed E-state index contributed by atoms with van der Waals surface area (Å²) in [7, 11) is 0. The summed E-state index contributed by atoms with van der Waals surface area (Å²) in [5.41, 5.74) is 0. The molecule has 0 saturated carbocycles. The molecule has 1 saturated heterocycles. The summed E-state index contributed by atoms with van der Waals surface area (Å²) in [5, 5.41) is 11.8. The largest absolute Gasteiger partial charge is 0.480 e. The normalized spacial score (nSPS) is 19.4. The quantitative estimate of drug-likeness (QED) is 0.781. The lowest BCUT2D eigenvalue weighted by molar-refractivity contribution is -0.139. The van der Waals surface area contributed by atoms with Crippen LogP contribution in [0.15, 0.2) is 0 Å². The van der Waals surface area contributed by atoms with Crippen LogP contribution in [0.5, 0.6) is 0 Å². The monoisotopic (exact) mass is 299 g/mol. The molecule has 2 amide bonds. The van der Waals surface area contributed by atoms with E-state index in [0.29, 0.717) is 25.6 Å². The van der Waals surface area contributed by atoms with E-state index in [2.05, 4.69) is 24.1 Å². The summed E-state index contributed by atoms with van der Waals surface area (Å²) < 4.78 is 0. The Labute approximate surface area is 127 Å². The van der Waals surface area contributed by atoms with Crippen molar-refractivity contribution in [1.29, 1.82) is 0 Å². The van der Waals surface area contributed by atoms with Gasteiger partial charge in [0.1, 0.15) is 6.04 Å². The average Bonchev–Trinajstić information content (AvgIpc) is 2.45. The summed E-state index contributed by atoms with van der Waals surface area (Å²) in [6, 6.07) is -0.528. The number of carbonyl (C=O) groups is 2. The Morgan fingerprint density at radius 2 is 1.71 bits per heavy atom. The first-order chi connectivity index (χ1) is 9.85. The van der Waals surface area contributed by atoms with Crippen molar-refractivity contribution >= 4 is 12.0 Å². The predicted octanol–water partition coefficient (Wildman–Crippen LogP) is 1.61. The molecule has 2 N–H and O–H groups in total. The van der Waals surface area contributed by atoms with Crippen LogP contribution in [-0.4, -0.2) is 65.2 Å². The lowest BCUT2D eigenvalue weighted by atomic mass is 10.0. The number of carboxylic acid groups (broad SMARTS) is 1. The van der Waals surface area contributed by atoms with Crippen LogP contribution >= 0.6 is 0 Å². The zero-order chi connectivity index (χ0) is 16.0. The van der Waals surface area contributed by atoms with Gasteiger partial charge in [-0.3, -0.25) is 4.90 Å². The number of carbonyl (C=O) groups excluding carboxylic acids is 1. The van der Waals surface area contributed by atoms with Gasteiger partial charge in [0, 0.05) is 32.2 Å². The Balaban J connectivity index is 2.47. The van der Waals surface area contributed by atoms with E-state index in [1.54, 1.807) is 4.90 Å². The molecule has 122 valence electrons. The Kier molecular flexibility index (Phi) is 6.95. The smallest absolute Gasteiger partial charge is 0.326 e. The van der Waals surface area contributed by atoms with Crippen LogP contribution in [0.25, 0.3) is 0 Å². The molecule has 1 rings (SSSR count). The maximum Gasteiger partial charge on any atom is 0.326 e. The van der Waals surface area contributed by atoms with Crippen molar-refractivity contribution < 1.29 is 14.7 Å². The zero-order valence-corrected chi connectivity index (χ0v) is 13.6. The number of nitrogens with one attached hydrogen (secondary N) is 1. The molecule has 0 bridgehead atoms. The molecule has 0 aromatic heterocycles. The van der Waals surface area contributed by atoms with Gasteiger partial charge in [0.25, 0.3) is 0 Å². The van der Waals surface area contributed by atoms with Crippen LogP contribution in [0.2, 0.25) is 0 Å². The fourth-order valence-electron chi connectivity index (χ4n) is 2.56. The van der Waals surface area contributed by atoms with Gasteiger partial charge in [-0.25, -0.2) is 9.59 Å². The van der Waals surface area contributed by atoms with Gasteiger partial charge < -0.3 is 15.3 Å². The summed E-state index contributed by atoms with van der Waals surface area (Å²) in [4.78, 5) is 27.5. The third kappa shape index (κ3) is 5.53. The van der Waals surface area contributed by atoms with Crippen LogP contribution < -0.4 is 5.32 Å². The van der Waals surface area contributed by atoms with Crippen molar-refractivity contribution in [2.75, 3.05) is 26.2 Å². The molecule has 6 heteroatoms. The zero-order valence-electron chi connectivity index (χ0n) is 13.6. The molecule has 21 heavy (non-hydrogen) atoms. The van der Waals surface area contributed by atoms with Crippen molar-refractivity contribution in [3.05, 3.63) is 0 Å². The molecule has 1 heterocycles. The van der Waals surface area contributed by atoms with Crippen molar-refractivity contribution in [3.63, 3.8) is 0 Å². The highest BCUT2D eigenvalue weighted by Crippen LogP contribution is 2.10. The van der Waals surface area contributed by atoms with Gasteiger partial charge >= 0.3 is 12.0 Å². The fourth-order valence-corrected chi connectivity index (χ4v) is 2.56. The first kappa shape index (κ1) is 17.8. The molecule has 1 unspecified atom stereocenters. The molecule has 1 fully saturated rings. The lowest BCUT2D eigenvalue weighted by Gasteiger charge is -2.38. The Hall–Kier alpha value is -1.30. The second kappa shape index (κ2) is 8.22. The highest BCUT2D eigenvalue weighted by atomic mass is 16.4. The minimum Gasteiger partial charge on any atom is -0.480 e. The number of rotatable bonds is 6. The van der Waals surface area contributed by atoms with Gasteiger partial charge in [-0.1, -0.05) is 20.8 Å². The van der Waals surface area contributed by atoms with Crippen LogP contribution in [-0.2, 0) is 4.79 Å². The van der Waals surface area contributed by atoms with Crippen LogP contribution in [0.3, 0.4) is 0 Å². The van der Waals surface area contributed by atoms with Gasteiger partial charge in [0.2, 0.25) is 0 Å². The number of amides is 2. The molecule has 0 aliphatic carbocycles. The third-order valence-corrected chi connectivity index (χ3v) is 4.12. The summed E-state index contributed by atoms with van der Waals surface area (Å²) in [6.07, 6.45) is 1.55. The maximum atomic E-state index is 12.2. The topological polar surface area (TPSA) is 72.9 Å². The number of nitrogens with zero attached hydrogens (tertiary/aromatic N) is 2. The molecule has 0 spiro atoms. The number of hydrogen-bond donors (Lipinski definition) is 2. The molecule has 0 aromatic carbocycles. The van der Waals surface area contributed by atoms with Gasteiger partial charge in [0.05, 0.1) is 0 Å². The number of aliphatic carboxylic acids is 1. The van der Waals surface area contributed by atoms with Crippen molar-refractivity contribution in [2.45, 2.75) is 52.6 Å². The molecule has 1 aliphatic rings. The standard InChI is InChI=1S/C15H29N3O3/c1-5-12(4)17-6-8-18(9-7-17)15(21)16-13(14(19)20)10-11(2)3/h11-13H,5-10H2,1-4H3,(H,16,21)(H,19,20)/t12?,13-/m0/s1. The molecule has 0 aromatic rings. The number of piperazine rings is 1. The van der Waals surface area contributed by atoms with Gasteiger partial charge in [-0.05, 0) is 25.7 Å². The first-order valence-electron chi connectivity index (χ1n) is 7.87. The minimum atomic E-state index is -0.963. The molecule has 1 aliphatic heterocycles. The highest BCUT2D eigenvalue weighted by molar-refractivity contribution is 5.82. The van der Waals surface area contributed by atoms with E-state index >= 15 is 0 Å². The summed E-state index contributed by atoms with van der Waals surface area (Å²) in [6.45, 7) is 11.3. The maximum absolute atomic E-state index is 12.2. The summed E-state index contributed by atoms with van der Waals surface area (Å²) >= 11 is 0. The van der Waals surface area contributed by atoms with Crippen LogP contribution in [0, 0.1) is 5.92 Å².